The van der Waals surface area contributed by atoms with E-state index in [1.165, 1.54) is 0 Å². The maximum Gasteiger partial charge on any atom is 0.259 e. The largest absolute Gasteiger partial charge is 0.351 e. The molecule has 0 saturated carbocycles. The highest BCUT2D eigenvalue weighted by Gasteiger charge is 2.18. The molecule has 0 amide bonds. The molecule has 1 fully saturated rings. The van der Waals surface area contributed by atoms with E-state index in [-0.39, 0.29) is 5.56 Å². The van der Waals surface area contributed by atoms with E-state index in [1.807, 2.05) is 18.2 Å². The number of pyridine rings is 1. The Morgan fingerprint density at radius 2 is 2.04 bits per heavy atom. The number of aromatic nitrogens is 3. The maximum atomic E-state index is 12.9. The van der Waals surface area contributed by atoms with Crippen LogP contribution in [0.3, 0.4) is 0 Å². The third kappa shape index (κ3) is 3.27. The Morgan fingerprint density at radius 1 is 1.27 bits per heavy atom. The van der Waals surface area contributed by atoms with Crippen molar-refractivity contribution in [2.24, 2.45) is 7.05 Å². The average Bonchev–Trinajstić information content (AvgIpc) is 2.66. The first kappa shape index (κ1) is 17.2. The molecule has 6 nitrogen and oxygen atoms in total. The number of rotatable bonds is 3. The predicted octanol–water partition coefficient (Wildman–Crippen LogP) is 2.79. The summed E-state index contributed by atoms with van der Waals surface area (Å²) < 4.78 is 1.58. The lowest BCUT2D eigenvalue weighted by Gasteiger charge is -2.23. The Morgan fingerprint density at radius 3 is 2.81 bits per heavy atom. The summed E-state index contributed by atoms with van der Waals surface area (Å²) in [6.07, 6.45) is 9.64. The minimum absolute atomic E-state index is 0.0938. The highest BCUT2D eigenvalue weighted by Crippen LogP contribution is 2.30. The first-order valence-corrected chi connectivity index (χ1v) is 9.42. The fourth-order valence-electron chi connectivity index (χ4n) is 3.54. The molecule has 0 radical (unpaired) electrons. The zero-order valence-electron chi connectivity index (χ0n) is 14.8. The van der Waals surface area contributed by atoms with Crippen molar-refractivity contribution in [1.82, 2.24) is 19.9 Å². The van der Waals surface area contributed by atoms with Gasteiger partial charge in [0.1, 0.15) is 5.65 Å². The number of anilines is 1. The second-order valence-corrected chi connectivity index (χ2v) is 7.22. The van der Waals surface area contributed by atoms with Crippen LogP contribution in [-0.4, -0.2) is 33.7 Å². The third-order valence-electron chi connectivity index (χ3n) is 5.01. The normalized spacial score (nSPS) is 18.5. The van der Waals surface area contributed by atoms with E-state index in [0.29, 0.717) is 28.2 Å². The molecule has 2 aliphatic rings. The predicted molar refractivity (Wildman–Crippen MR) is 105 cm³/mol. The van der Waals surface area contributed by atoms with Crippen molar-refractivity contribution in [1.29, 1.82) is 0 Å². The molecule has 136 valence electrons. The van der Waals surface area contributed by atoms with Crippen LogP contribution in [0.25, 0.3) is 16.6 Å². The van der Waals surface area contributed by atoms with E-state index < -0.39 is 0 Å². The molecule has 0 unspecified atom stereocenters. The van der Waals surface area contributed by atoms with E-state index >= 15 is 0 Å². The molecule has 0 aromatic carbocycles. The fraction of sp³-hybridized carbons (Fsp3) is 0.421. The Kier molecular flexibility index (Phi) is 4.78. The highest BCUT2D eigenvalue weighted by molar-refractivity contribution is 6.37. The summed E-state index contributed by atoms with van der Waals surface area (Å²) in [6.45, 7) is 1.99. The molecule has 3 heterocycles. The maximum absolute atomic E-state index is 12.9. The molecule has 7 heteroatoms. The van der Waals surface area contributed by atoms with Crippen molar-refractivity contribution in [3.63, 3.8) is 0 Å². The monoisotopic (exact) mass is 371 g/mol. The van der Waals surface area contributed by atoms with Crippen molar-refractivity contribution < 1.29 is 0 Å². The molecule has 4 rings (SSSR count). The zero-order valence-corrected chi connectivity index (χ0v) is 15.5. The SMILES string of the molecule is Cn1c(=O)c(C2=CCCC=C2Cl)cc2cnc(NC3CCNCC3)nc21. The van der Waals surface area contributed by atoms with Crippen LogP contribution in [-0.2, 0) is 7.05 Å². The van der Waals surface area contributed by atoms with Crippen molar-refractivity contribution in [2.45, 2.75) is 31.7 Å². The van der Waals surface area contributed by atoms with Crippen LogP contribution in [0.15, 0.2) is 34.2 Å². The van der Waals surface area contributed by atoms with Gasteiger partial charge in [-0.3, -0.25) is 9.36 Å². The van der Waals surface area contributed by atoms with Gasteiger partial charge in [0, 0.05) is 40.8 Å². The van der Waals surface area contributed by atoms with Gasteiger partial charge in [-0.1, -0.05) is 23.8 Å². The van der Waals surface area contributed by atoms with Crippen molar-refractivity contribution in [3.05, 3.63) is 45.4 Å². The Labute approximate surface area is 157 Å². The van der Waals surface area contributed by atoms with E-state index in [9.17, 15) is 4.79 Å². The van der Waals surface area contributed by atoms with Crippen LogP contribution >= 0.6 is 11.6 Å². The summed E-state index contributed by atoms with van der Waals surface area (Å²) in [6, 6.07) is 2.21. The fourth-order valence-corrected chi connectivity index (χ4v) is 3.83. The second-order valence-electron chi connectivity index (χ2n) is 6.81. The minimum Gasteiger partial charge on any atom is -0.351 e. The van der Waals surface area contributed by atoms with Crippen molar-refractivity contribution in [2.75, 3.05) is 18.4 Å². The smallest absolute Gasteiger partial charge is 0.259 e. The van der Waals surface area contributed by atoms with Gasteiger partial charge in [-0.2, -0.15) is 4.98 Å². The quantitative estimate of drug-likeness (QED) is 0.868. The molecule has 1 aliphatic heterocycles. The molecule has 2 N–H and O–H groups in total. The van der Waals surface area contributed by atoms with Crippen LogP contribution in [0, 0.1) is 0 Å². The molecule has 0 spiro atoms. The highest BCUT2D eigenvalue weighted by atomic mass is 35.5. The summed E-state index contributed by atoms with van der Waals surface area (Å²) in [5, 5.41) is 8.19. The summed E-state index contributed by atoms with van der Waals surface area (Å²) in [4.78, 5) is 21.9. The standard InChI is InChI=1S/C19H22ClN5O/c1-25-17-12(10-15(18(25)26)14-4-2-3-5-16(14)20)11-22-19(24-17)23-13-6-8-21-9-7-13/h4-5,10-11,13,21H,2-3,6-9H2,1H3,(H,22,23,24). The first-order chi connectivity index (χ1) is 12.6. The van der Waals surface area contributed by atoms with Gasteiger partial charge in [-0.05, 0) is 44.8 Å². The van der Waals surface area contributed by atoms with Gasteiger partial charge < -0.3 is 10.6 Å². The topological polar surface area (TPSA) is 71.8 Å². The molecule has 2 aromatic heterocycles. The summed E-state index contributed by atoms with van der Waals surface area (Å²) in [5.41, 5.74) is 1.94. The molecular formula is C19H22ClN5O. The van der Waals surface area contributed by atoms with Gasteiger partial charge in [0.05, 0.1) is 0 Å². The van der Waals surface area contributed by atoms with Gasteiger partial charge in [-0.15, -0.1) is 0 Å². The molecule has 1 saturated heterocycles. The average molecular weight is 372 g/mol. The third-order valence-corrected chi connectivity index (χ3v) is 5.36. The number of fused-ring (bicyclic) bond motifs is 1. The first-order valence-electron chi connectivity index (χ1n) is 9.04. The van der Waals surface area contributed by atoms with E-state index in [2.05, 4.69) is 20.6 Å². The zero-order chi connectivity index (χ0) is 18.1. The van der Waals surface area contributed by atoms with Crippen LogP contribution in [0.2, 0.25) is 0 Å². The number of nitrogens with zero attached hydrogens (tertiary/aromatic N) is 3. The Balaban J connectivity index is 1.72. The number of allylic oxidation sites excluding steroid dienone is 4. The van der Waals surface area contributed by atoms with Gasteiger partial charge in [-0.25, -0.2) is 4.98 Å². The number of hydrogen-bond donors (Lipinski definition) is 2. The summed E-state index contributed by atoms with van der Waals surface area (Å²) in [7, 11) is 1.75. The number of aryl methyl sites for hydroxylation is 1. The van der Waals surface area contributed by atoms with Crippen LogP contribution in [0.1, 0.15) is 31.2 Å². The number of halogens is 1. The Hall–Kier alpha value is -2.18. The molecule has 1 aliphatic carbocycles. The molecule has 0 bridgehead atoms. The number of nitrogens with one attached hydrogen (secondary N) is 2. The molecular weight excluding hydrogens is 350 g/mol. The van der Waals surface area contributed by atoms with Gasteiger partial charge in [0.25, 0.3) is 5.56 Å². The lowest BCUT2D eigenvalue weighted by Crippen LogP contribution is -2.35. The lowest BCUT2D eigenvalue weighted by molar-refractivity contribution is 0.477. The van der Waals surface area contributed by atoms with Crippen LogP contribution < -0.4 is 16.2 Å². The summed E-state index contributed by atoms with van der Waals surface area (Å²) in [5.74, 6) is 0.571. The number of hydrogen-bond acceptors (Lipinski definition) is 5. The lowest BCUT2D eigenvalue weighted by atomic mass is 9.99. The van der Waals surface area contributed by atoms with Crippen LogP contribution in [0.4, 0.5) is 5.95 Å². The summed E-state index contributed by atoms with van der Waals surface area (Å²) >= 11 is 6.32. The van der Waals surface area contributed by atoms with E-state index in [1.54, 1.807) is 17.8 Å². The number of piperidine rings is 1. The molecule has 26 heavy (non-hydrogen) atoms. The van der Waals surface area contributed by atoms with Gasteiger partial charge in [0.15, 0.2) is 0 Å². The van der Waals surface area contributed by atoms with E-state index in [4.69, 9.17) is 11.6 Å². The molecule has 2 aromatic rings. The van der Waals surface area contributed by atoms with Gasteiger partial charge in [0.2, 0.25) is 5.95 Å². The van der Waals surface area contributed by atoms with Crippen molar-refractivity contribution >= 4 is 34.2 Å². The van der Waals surface area contributed by atoms with Gasteiger partial charge >= 0.3 is 0 Å². The molecule has 0 atom stereocenters. The minimum atomic E-state index is -0.0938. The van der Waals surface area contributed by atoms with Crippen LogP contribution in [0.5, 0.6) is 0 Å². The van der Waals surface area contributed by atoms with Crippen molar-refractivity contribution in [3.8, 4) is 0 Å². The second kappa shape index (κ2) is 7.21. The Bertz CT molecular complexity index is 956. The van der Waals surface area contributed by atoms with E-state index in [0.717, 1.165) is 49.7 Å².